The van der Waals surface area contributed by atoms with Gasteiger partial charge in [0.25, 0.3) is 0 Å². The molecule has 1 amide bonds. The summed E-state index contributed by atoms with van der Waals surface area (Å²) in [5, 5.41) is 6.05. The summed E-state index contributed by atoms with van der Waals surface area (Å²) in [7, 11) is 4.70. The highest BCUT2D eigenvalue weighted by Crippen LogP contribution is 2.39. The first-order valence-electron chi connectivity index (χ1n) is 10.9. The number of nitrogens with one attached hydrogen (secondary N) is 1. The fraction of sp³-hybridized carbons (Fsp3) is 0.304. The highest BCUT2D eigenvalue weighted by atomic mass is 32.1. The summed E-state index contributed by atoms with van der Waals surface area (Å²) in [4.78, 5) is 28.6. The number of imidazole rings is 1. The molecule has 1 saturated heterocycles. The number of nitrogens with zero attached hydrogens (tertiary/aromatic N) is 5. The number of aromatic nitrogens is 4. The molecule has 0 radical (unpaired) electrons. The van der Waals surface area contributed by atoms with E-state index in [0.717, 1.165) is 22.3 Å². The van der Waals surface area contributed by atoms with Gasteiger partial charge in [0.2, 0.25) is 17.6 Å². The molecule has 3 N–H and O–H groups in total. The number of carbonyl (C=O) groups is 1. The van der Waals surface area contributed by atoms with E-state index in [0.29, 0.717) is 47.8 Å². The molecule has 182 valence electrons. The summed E-state index contributed by atoms with van der Waals surface area (Å²) in [5.41, 5.74) is 6.42. The Balaban J connectivity index is 1.47. The molecule has 11 nitrogen and oxygen atoms in total. The molecule has 1 aliphatic heterocycles. The van der Waals surface area contributed by atoms with Crippen LogP contribution in [0.5, 0.6) is 17.2 Å². The number of benzene rings is 1. The average Bonchev–Trinajstić information content (AvgIpc) is 3.63. The second-order valence-electron chi connectivity index (χ2n) is 7.94. The molecule has 0 bridgehead atoms. The Labute approximate surface area is 205 Å². The van der Waals surface area contributed by atoms with Gasteiger partial charge in [-0.2, -0.15) is 4.98 Å². The number of nitrogens with two attached hydrogens (primary N) is 1. The summed E-state index contributed by atoms with van der Waals surface area (Å²) >= 11 is 1.51. The van der Waals surface area contributed by atoms with Crippen LogP contribution in [-0.4, -0.2) is 59.3 Å². The van der Waals surface area contributed by atoms with Gasteiger partial charge in [-0.05, 0) is 24.3 Å². The van der Waals surface area contributed by atoms with Gasteiger partial charge in [-0.3, -0.25) is 4.79 Å². The van der Waals surface area contributed by atoms with Crippen molar-refractivity contribution in [2.24, 2.45) is 5.73 Å². The molecule has 3 aromatic heterocycles. The number of primary amides is 1. The van der Waals surface area contributed by atoms with E-state index in [1.165, 1.54) is 11.3 Å². The predicted octanol–water partition coefficient (Wildman–Crippen LogP) is 3.10. The molecule has 4 heterocycles. The predicted molar refractivity (Wildman–Crippen MR) is 133 cm³/mol. The zero-order chi connectivity index (χ0) is 24.5. The lowest BCUT2D eigenvalue weighted by molar-refractivity contribution is -0.119. The van der Waals surface area contributed by atoms with Gasteiger partial charge in [0.05, 0.1) is 38.6 Å². The standard InChI is InChI=1S/C23H25N7O4S/c1-32-16-9-13(10-17(33-2)19(16)34-3)29-11-18(25-12-29)26-23-27-21(14-6-8-35-22(14)28-23)30-7-4-5-15(30)20(24)31/h6,8-12,15H,4-5,7H2,1-3H3,(H2,24,31)(H,26,27,28)/t15-/m0/s1. The second-order valence-corrected chi connectivity index (χ2v) is 8.83. The van der Waals surface area contributed by atoms with E-state index in [1.807, 2.05) is 39.2 Å². The van der Waals surface area contributed by atoms with E-state index in [2.05, 4.69) is 15.3 Å². The first-order valence-corrected chi connectivity index (χ1v) is 11.8. The van der Waals surface area contributed by atoms with Crippen molar-refractivity contribution in [2.45, 2.75) is 18.9 Å². The second kappa shape index (κ2) is 9.29. The van der Waals surface area contributed by atoms with Crippen molar-refractivity contribution in [1.29, 1.82) is 0 Å². The third-order valence-corrected chi connectivity index (χ3v) is 6.73. The van der Waals surface area contributed by atoms with Gasteiger partial charge in [0.15, 0.2) is 17.3 Å². The van der Waals surface area contributed by atoms with Crippen molar-refractivity contribution < 1.29 is 19.0 Å². The quantitative estimate of drug-likeness (QED) is 0.379. The van der Waals surface area contributed by atoms with E-state index < -0.39 is 0 Å². The normalized spacial score (nSPS) is 15.4. The molecule has 35 heavy (non-hydrogen) atoms. The molecule has 0 spiro atoms. The van der Waals surface area contributed by atoms with Crippen LogP contribution in [0.3, 0.4) is 0 Å². The summed E-state index contributed by atoms with van der Waals surface area (Å²) in [6.45, 7) is 0.713. The van der Waals surface area contributed by atoms with Crippen molar-refractivity contribution in [3.05, 3.63) is 36.1 Å². The number of hydrogen-bond acceptors (Lipinski definition) is 10. The molecule has 0 aliphatic carbocycles. The van der Waals surface area contributed by atoms with Crippen LogP contribution in [0.25, 0.3) is 15.9 Å². The monoisotopic (exact) mass is 495 g/mol. The molecule has 1 aliphatic rings. The van der Waals surface area contributed by atoms with Crippen LogP contribution in [0.15, 0.2) is 36.1 Å². The van der Waals surface area contributed by atoms with Gasteiger partial charge in [-0.25, -0.2) is 9.97 Å². The number of carbonyl (C=O) groups excluding carboxylic acids is 1. The highest BCUT2D eigenvalue weighted by Gasteiger charge is 2.31. The summed E-state index contributed by atoms with van der Waals surface area (Å²) < 4.78 is 18.1. The average molecular weight is 496 g/mol. The van der Waals surface area contributed by atoms with Gasteiger partial charge in [-0.1, -0.05) is 0 Å². The lowest BCUT2D eigenvalue weighted by atomic mass is 10.2. The number of thiophene rings is 1. The number of anilines is 3. The Kier molecular flexibility index (Phi) is 6.03. The number of hydrogen-bond donors (Lipinski definition) is 2. The lowest BCUT2D eigenvalue weighted by Gasteiger charge is -2.24. The molecular weight excluding hydrogens is 470 g/mol. The highest BCUT2D eigenvalue weighted by molar-refractivity contribution is 7.16. The first-order chi connectivity index (χ1) is 17.0. The largest absolute Gasteiger partial charge is 0.493 e. The van der Waals surface area contributed by atoms with E-state index in [4.69, 9.17) is 24.9 Å². The van der Waals surface area contributed by atoms with Gasteiger partial charge >= 0.3 is 0 Å². The zero-order valence-corrected chi connectivity index (χ0v) is 20.3. The van der Waals surface area contributed by atoms with Gasteiger partial charge in [0.1, 0.15) is 23.0 Å². The third kappa shape index (κ3) is 4.16. The Hall–Kier alpha value is -4.06. The van der Waals surface area contributed by atoms with Crippen LogP contribution in [0.1, 0.15) is 12.8 Å². The van der Waals surface area contributed by atoms with Crippen LogP contribution >= 0.6 is 11.3 Å². The first kappa shape index (κ1) is 22.7. The molecule has 0 unspecified atom stereocenters. The maximum atomic E-state index is 12.0. The maximum absolute atomic E-state index is 12.0. The van der Waals surface area contributed by atoms with E-state index in [-0.39, 0.29) is 11.9 Å². The van der Waals surface area contributed by atoms with Gasteiger partial charge in [-0.15, -0.1) is 11.3 Å². The Morgan fingerprint density at radius 1 is 1.17 bits per heavy atom. The van der Waals surface area contributed by atoms with Crippen LogP contribution in [0.2, 0.25) is 0 Å². The number of methoxy groups -OCH3 is 3. The van der Waals surface area contributed by atoms with Crippen molar-refractivity contribution in [3.8, 4) is 22.9 Å². The number of fused-ring (bicyclic) bond motifs is 1. The van der Waals surface area contributed by atoms with E-state index in [1.54, 1.807) is 27.7 Å². The molecule has 1 fully saturated rings. The molecule has 5 rings (SSSR count). The number of ether oxygens (including phenoxy) is 3. The topological polar surface area (TPSA) is 130 Å². The lowest BCUT2D eigenvalue weighted by Crippen LogP contribution is -2.40. The molecule has 4 aromatic rings. The molecule has 0 saturated carbocycles. The SMILES string of the molecule is COc1cc(-n2cnc(Nc3nc(N4CCC[C@H]4C(N)=O)c4ccsc4n3)c2)cc(OC)c1OC. The summed E-state index contributed by atoms with van der Waals surface area (Å²) in [6.07, 6.45) is 5.07. The fourth-order valence-corrected chi connectivity index (χ4v) is 5.05. The smallest absolute Gasteiger partial charge is 0.240 e. The minimum absolute atomic E-state index is 0.344. The molecular formula is C23H25N7O4S. The molecule has 12 heteroatoms. The van der Waals surface area contributed by atoms with Crippen LogP contribution in [-0.2, 0) is 4.79 Å². The van der Waals surface area contributed by atoms with Gasteiger partial charge < -0.3 is 34.7 Å². The minimum atomic E-state index is -0.375. The van der Waals surface area contributed by atoms with Crippen molar-refractivity contribution >= 4 is 45.0 Å². The zero-order valence-electron chi connectivity index (χ0n) is 19.5. The van der Waals surface area contributed by atoms with Gasteiger partial charge in [0, 0.05) is 18.7 Å². The van der Waals surface area contributed by atoms with Crippen molar-refractivity contribution in [3.63, 3.8) is 0 Å². The fourth-order valence-electron chi connectivity index (χ4n) is 4.29. The van der Waals surface area contributed by atoms with E-state index >= 15 is 0 Å². The van der Waals surface area contributed by atoms with Crippen molar-refractivity contribution in [2.75, 3.05) is 38.1 Å². The Morgan fingerprint density at radius 2 is 1.94 bits per heavy atom. The Bertz CT molecular complexity index is 1360. The van der Waals surface area contributed by atoms with Crippen molar-refractivity contribution in [1.82, 2.24) is 19.5 Å². The Morgan fingerprint density at radius 3 is 2.63 bits per heavy atom. The molecule has 1 aromatic carbocycles. The maximum Gasteiger partial charge on any atom is 0.240 e. The number of amides is 1. The van der Waals surface area contributed by atoms with Crippen LogP contribution in [0.4, 0.5) is 17.6 Å². The summed E-state index contributed by atoms with van der Waals surface area (Å²) in [5.74, 6) is 2.88. The van der Waals surface area contributed by atoms with Crippen LogP contribution < -0.4 is 30.2 Å². The molecule has 1 atom stereocenters. The summed E-state index contributed by atoms with van der Waals surface area (Å²) in [6, 6.07) is 5.25. The third-order valence-electron chi connectivity index (χ3n) is 5.93. The van der Waals surface area contributed by atoms with Crippen LogP contribution in [0, 0.1) is 0 Å². The number of rotatable bonds is 8. The van der Waals surface area contributed by atoms with E-state index in [9.17, 15) is 4.79 Å². The minimum Gasteiger partial charge on any atom is -0.493 e.